The lowest BCUT2D eigenvalue weighted by Crippen LogP contribution is -2.32. The molecular weight excluding hydrogens is 410 g/mol. The first-order valence-corrected chi connectivity index (χ1v) is 11.0. The number of rotatable bonds is 4. The molecule has 2 aromatic carbocycles. The third-order valence-electron chi connectivity index (χ3n) is 5.58. The van der Waals surface area contributed by atoms with Crippen molar-refractivity contribution in [1.29, 1.82) is 0 Å². The number of carbonyl (C=O) groups excluding carboxylic acids is 1. The molecule has 2 aromatic heterocycles. The first-order chi connectivity index (χ1) is 15.0. The van der Waals surface area contributed by atoms with Crippen LogP contribution in [0.4, 0.5) is 5.69 Å². The molecule has 8 heteroatoms. The highest BCUT2D eigenvalue weighted by Crippen LogP contribution is 2.34. The number of benzene rings is 2. The average molecular weight is 432 g/mol. The van der Waals surface area contributed by atoms with Gasteiger partial charge in [0.25, 0.3) is 5.56 Å². The van der Waals surface area contributed by atoms with E-state index in [-0.39, 0.29) is 23.9 Å². The third kappa shape index (κ3) is 3.42. The van der Waals surface area contributed by atoms with E-state index in [0.29, 0.717) is 21.9 Å². The third-order valence-corrected chi connectivity index (χ3v) is 6.67. The van der Waals surface area contributed by atoms with E-state index in [1.54, 1.807) is 27.4 Å². The number of carbonyl (C=O) groups is 1. The van der Waals surface area contributed by atoms with Gasteiger partial charge in [-0.15, -0.1) is 0 Å². The summed E-state index contributed by atoms with van der Waals surface area (Å²) in [5, 5.41) is 5.50. The Hall–Kier alpha value is -3.39. The predicted molar refractivity (Wildman–Crippen MR) is 122 cm³/mol. The maximum atomic E-state index is 13.3. The van der Waals surface area contributed by atoms with Crippen molar-refractivity contribution in [3.8, 4) is 5.69 Å². The SMILES string of the molecule is Cc1ccc(-n2ncc3c(=O)n4c(nc32)SCC4CC(=O)N(C)c2ccccc2)cc1. The van der Waals surface area contributed by atoms with Crippen molar-refractivity contribution in [2.45, 2.75) is 24.5 Å². The first-order valence-electron chi connectivity index (χ1n) is 10.0. The topological polar surface area (TPSA) is 73.0 Å². The summed E-state index contributed by atoms with van der Waals surface area (Å²) >= 11 is 1.50. The minimum Gasteiger partial charge on any atom is -0.315 e. The van der Waals surface area contributed by atoms with Crippen LogP contribution in [-0.4, -0.2) is 38.0 Å². The number of fused-ring (bicyclic) bond motifs is 2. The van der Waals surface area contributed by atoms with Crippen LogP contribution in [0.2, 0.25) is 0 Å². The molecule has 7 nitrogen and oxygen atoms in total. The Bertz CT molecular complexity index is 1330. The van der Waals surface area contributed by atoms with Crippen LogP contribution in [0.15, 0.2) is 70.7 Å². The van der Waals surface area contributed by atoms with Gasteiger partial charge in [-0.25, -0.2) is 9.67 Å². The summed E-state index contributed by atoms with van der Waals surface area (Å²) in [5.74, 6) is 0.605. The molecule has 1 aliphatic rings. The minimum atomic E-state index is -0.231. The van der Waals surface area contributed by atoms with Gasteiger partial charge in [-0.3, -0.25) is 14.2 Å². The summed E-state index contributed by atoms with van der Waals surface area (Å²) in [7, 11) is 1.76. The molecule has 1 aliphatic heterocycles. The van der Waals surface area contributed by atoms with Crippen LogP contribution in [0.1, 0.15) is 18.0 Å². The van der Waals surface area contributed by atoms with Crippen LogP contribution in [0.3, 0.4) is 0 Å². The van der Waals surface area contributed by atoms with E-state index in [4.69, 9.17) is 4.98 Å². The Balaban J connectivity index is 1.47. The molecule has 156 valence electrons. The number of aromatic nitrogens is 4. The van der Waals surface area contributed by atoms with Crippen molar-refractivity contribution in [3.63, 3.8) is 0 Å². The average Bonchev–Trinajstić information content (AvgIpc) is 3.39. The summed E-state index contributed by atoms with van der Waals surface area (Å²) in [6, 6.07) is 17.2. The number of aryl methyl sites for hydroxylation is 1. The van der Waals surface area contributed by atoms with E-state index in [1.165, 1.54) is 11.8 Å². The molecule has 0 N–H and O–H groups in total. The van der Waals surface area contributed by atoms with Gasteiger partial charge in [0.15, 0.2) is 10.8 Å². The zero-order valence-electron chi connectivity index (χ0n) is 17.2. The molecule has 3 heterocycles. The van der Waals surface area contributed by atoms with Gasteiger partial charge in [0, 0.05) is 24.9 Å². The first kappa shape index (κ1) is 19.6. The summed E-state index contributed by atoms with van der Waals surface area (Å²) in [4.78, 5) is 32.5. The quantitative estimate of drug-likeness (QED) is 0.462. The Labute approximate surface area is 183 Å². The van der Waals surface area contributed by atoms with Crippen LogP contribution in [0.25, 0.3) is 16.7 Å². The Morgan fingerprint density at radius 1 is 1.16 bits per heavy atom. The van der Waals surface area contributed by atoms with Crippen molar-refractivity contribution in [3.05, 3.63) is 76.7 Å². The standard InChI is InChI=1S/C23H21N5O2S/c1-15-8-10-17(11-9-15)28-21-19(13-24-28)22(30)27-18(14-31-23(27)25-21)12-20(29)26(2)16-6-4-3-5-7-16/h3-11,13,18H,12,14H2,1-2H3. The van der Waals surface area contributed by atoms with Crippen LogP contribution in [0, 0.1) is 6.92 Å². The molecule has 0 saturated heterocycles. The highest BCUT2D eigenvalue weighted by atomic mass is 32.2. The molecule has 0 radical (unpaired) electrons. The monoisotopic (exact) mass is 431 g/mol. The summed E-state index contributed by atoms with van der Waals surface area (Å²) in [6.45, 7) is 2.02. The van der Waals surface area contributed by atoms with Crippen molar-refractivity contribution in [2.24, 2.45) is 0 Å². The molecule has 1 atom stereocenters. The number of para-hydroxylation sites is 1. The fourth-order valence-electron chi connectivity index (χ4n) is 3.79. The zero-order chi connectivity index (χ0) is 21.5. The molecule has 1 amide bonds. The molecule has 0 bridgehead atoms. The predicted octanol–water partition coefficient (Wildman–Crippen LogP) is 3.59. The summed E-state index contributed by atoms with van der Waals surface area (Å²) < 4.78 is 3.35. The molecule has 1 unspecified atom stereocenters. The van der Waals surface area contributed by atoms with Gasteiger partial charge >= 0.3 is 0 Å². The largest absolute Gasteiger partial charge is 0.315 e. The molecule has 31 heavy (non-hydrogen) atoms. The summed E-state index contributed by atoms with van der Waals surface area (Å²) in [5.41, 5.74) is 3.23. The second kappa shape index (κ2) is 7.70. The fourth-order valence-corrected chi connectivity index (χ4v) is 4.92. The molecule has 0 fully saturated rings. The van der Waals surface area contributed by atoms with Gasteiger partial charge in [0.05, 0.1) is 17.9 Å². The molecule has 4 aromatic rings. The lowest BCUT2D eigenvalue weighted by molar-refractivity contribution is -0.119. The van der Waals surface area contributed by atoms with E-state index in [2.05, 4.69) is 5.10 Å². The maximum Gasteiger partial charge on any atom is 0.265 e. The van der Waals surface area contributed by atoms with Gasteiger partial charge in [0.1, 0.15) is 5.39 Å². The highest BCUT2D eigenvalue weighted by molar-refractivity contribution is 7.99. The molecular formula is C23H21N5O2S. The lowest BCUT2D eigenvalue weighted by atomic mass is 10.2. The number of anilines is 1. The molecule has 0 aliphatic carbocycles. The Morgan fingerprint density at radius 3 is 2.65 bits per heavy atom. The van der Waals surface area contributed by atoms with Crippen molar-refractivity contribution < 1.29 is 4.79 Å². The van der Waals surface area contributed by atoms with Gasteiger partial charge in [-0.05, 0) is 31.2 Å². The van der Waals surface area contributed by atoms with Gasteiger partial charge in [-0.1, -0.05) is 47.7 Å². The smallest absolute Gasteiger partial charge is 0.265 e. The number of hydrogen-bond acceptors (Lipinski definition) is 5. The molecule has 0 saturated carbocycles. The fraction of sp³-hybridized carbons (Fsp3) is 0.217. The van der Waals surface area contributed by atoms with Crippen LogP contribution in [0.5, 0.6) is 0 Å². The van der Waals surface area contributed by atoms with E-state index in [0.717, 1.165) is 16.9 Å². The Morgan fingerprint density at radius 2 is 1.90 bits per heavy atom. The number of nitrogens with zero attached hydrogens (tertiary/aromatic N) is 5. The van der Waals surface area contributed by atoms with E-state index in [9.17, 15) is 9.59 Å². The Kier molecular flexibility index (Phi) is 4.86. The van der Waals surface area contributed by atoms with Crippen molar-refractivity contribution in [1.82, 2.24) is 19.3 Å². The molecule has 5 rings (SSSR count). The van der Waals surface area contributed by atoms with Gasteiger partial charge in [0.2, 0.25) is 5.91 Å². The van der Waals surface area contributed by atoms with Crippen molar-refractivity contribution in [2.75, 3.05) is 17.7 Å². The number of thioether (sulfide) groups is 1. The zero-order valence-corrected chi connectivity index (χ0v) is 18.0. The van der Waals surface area contributed by atoms with Crippen molar-refractivity contribution >= 4 is 34.4 Å². The highest BCUT2D eigenvalue weighted by Gasteiger charge is 2.30. The van der Waals surface area contributed by atoms with Gasteiger partial charge in [-0.2, -0.15) is 5.10 Å². The van der Waals surface area contributed by atoms with E-state index < -0.39 is 0 Å². The number of hydrogen-bond donors (Lipinski definition) is 0. The maximum absolute atomic E-state index is 13.3. The van der Waals surface area contributed by atoms with E-state index >= 15 is 0 Å². The van der Waals surface area contributed by atoms with Crippen LogP contribution < -0.4 is 10.5 Å². The second-order valence-electron chi connectivity index (χ2n) is 7.66. The molecule has 0 spiro atoms. The van der Waals surface area contributed by atoms with Gasteiger partial charge < -0.3 is 4.90 Å². The van der Waals surface area contributed by atoms with Crippen LogP contribution in [-0.2, 0) is 4.79 Å². The second-order valence-corrected chi connectivity index (χ2v) is 8.64. The number of amides is 1. The summed E-state index contributed by atoms with van der Waals surface area (Å²) in [6.07, 6.45) is 1.81. The minimum absolute atomic E-state index is 0.0352. The lowest BCUT2D eigenvalue weighted by Gasteiger charge is -2.20. The van der Waals surface area contributed by atoms with E-state index in [1.807, 2.05) is 61.5 Å². The normalized spacial score (nSPS) is 15.2. The van der Waals surface area contributed by atoms with Crippen LogP contribution >= 0.6 is 11.8 Å².